The molecule has 0 saturated heterocycles. The van der Waals surface area contributed by atoms with Gasteiger partial charge < -0.3 is 20.8 Å². The number of anilines is 2. The summed E-state index contributed by atoms with van der Waals surface area (Å²) in [6, 6.07) is 13.2. The van der Waals surface area contributed by atoms with Crippen LogP contribution in [0.5, 0.6) is 11.5 Å². The van der Waals surface area contributed by atoms with Crippen LogP contribution in [0.25, 0.3) is 10.2 Å². The molecule has 1 heterocycles. The summed E-state index contributed by atoms with van der Waals surface area (Å²) in [6.45, 7) is 1.87. The van der Waals surface area contributed by atoms with E-state index < -0.39 is 17.6 Å². The van der Waals surface area contributed by atoms with Crippen molar-refractivity contribution in [3.05, 3.63) is 77.1 Å². The molecule has 0 radical (unpaired) electrons. The van der Waals surface area contributed by atoms with Crippen molar-refractivity contribution in [2.24, 2.45) is 0 Å². The van der Waals surface area contributed by atoms with Gasteiger partial charge in [0.25, 0.3) is 5.91 Å². The van der Waals surface area contributed by atoms with Gasteiger partial charge in [-0.15, -0.1) is 0 Å². The maximum Gasteiger partial charge on any atom is 0.321 e. The minimum absolute atomic E-state index is 0.0180. The molecule has 0 saturated carbocycles. The normalized spacial score (nSPS) is 10.7. The van der Waals surface area contributed by atoms with Crippen LogP contribution in [-0.4, -0.2) is 27.1 Å². The van der Waals surface area contributed by atoms with Crippen molar-refractivity contribution < 1.29 is 24.2 Å². The number of halogens is 1. The number of urea groups is 1. The molecule has 0 aliphatic carbocycles. The average molecular weight is 466 g/mol. The summed E-state index contributed by atoms with van der Waals surface area (Å²) in [6.07, 6.45) is 0. The molecular weight excluding hydrogens is 447 g/mol. The number of aromatic nitrogens is 1. The molecule has 0 unspecified atom stereocenters. The zero-order chi connectivity index (χ0) is 23.5. The van der Waals surface area contributed by atoms with Crippen LogP contribution < -0.4 is 16.0 Å². The number of hydrogen-bond donors (Lipinski definition) is 5. The first-order valence-electron chi connectivity index (χ1n) is 9.83. The Kier molecular flexibility index (Phi) is 6.09. The first-order chi connectivity index (χ1) is 15.8. The SMILES string of the molecule is Cc1cccc(O)c1NC(=O)c1ccc2nc(NC(=O)NCc3ccc(F)c(O)c3)sc2c1. The summed E-state index contributed by atoms with van der Waals surface area (Å²) in [4.78, 5) is 29.2. The van der Waals surface area contributed by atoms with Gasteiger partial charge in [-0.2, -0.15) is 0 Å². The molecule has 4 aromatic rings. The van der Waals surface area contributed by atoms with Gasteiger partial charge in [0.1, 0.15) is 5.75 Å². The van der Waals surface area contributed by atoms with Gasteiger partial charge in [0.05, 0.1) is 15.9 Å². The number of phenols is 2. The van der Waals surface area contributed by atoms with Crippen LogP contribution in [0.2, 0.25) is 0 Å². The Balaban J connectivity index is 1.42. The van der Waals surface area contributed by atoms with Crippen LogP contribution in [0.4, 0.5) is 20.0 Å². The lowest BCUT2D eigenvalue weighted by Crippen LogP contribution is -2.28. The topological polar surface area (TPSA) is 124 Å². The Morgan fingerprint density at radius 1 is 1.03 bits per heavy atom. The van der Waals surface area contributed by atoms with E-state index in [-0.39, 0.29) is 18.2 Å². The van der Waals surface area contributed by atoms with E-state index in [0.717, 1.165) is 11.6 Å². The summed E-state index contributed by atoms with van der Waals surface area (Å²) in [5.41, 5.74) is 2.59. The van der Waals surface area contributed by atoms with Crippen LogP contribution in [0, 0.1) is 12.7 Å². The molecule has 0 bridgehead atoms. The number of rotatable bonds is 5. The molecule has 0 fully saturated rings. The predicted octanol–water partition coefficient (Wildman–Crippen LogP) is 4.73. The Morgan fingerprint density at radius 3 is 2.61 bits per heavy atom. The molecule has 4 rings (SSSR count). The number of carbonyl (C=O) groups excluding carboxylic acids is 2. The molecule has 5 N–H and O–H groups in total. The smallest absolute Gasteiger partial charge is 0.321 e. The Bertz CT molecular complexity index is 1350. The average Bonchev–Trinajstić information content (AvgIpc) is 3.18. The van der Waals surface area contributed by atoms with Crippen LogP contribution in [-0.2, 0) is 6.54 Å². The number of nitrogens with zero attached hydrogens (tertiary/aromatic N) is 1. The molecule has 33 heavy (non-hydrogen) atoms. The number of aromatic hydroxyl groups is 2. The molecular formula is C23H19FN4O4S. The molecule has 0 aliphatic heterocycles. The van der Waals surface area contributed by atoms with E-state index in [4.69, 9.17) is 0 Å². The molecule has 0 atom stereocenters. The van der Waals surface area contributed by atoms with Gasteiger partial charge in [0, 0.05) is 12.1 Å². The number of nitrogens with one attached hydrogen (secondary N) is 3. The minimum atomic E-state index is -0.735. The number of aryl methyl sites for hydroxylation is 1. The molecule has 0 aliphatic rings. The molecule has 8 nitrogen and oxygen atoms in total. The van der Waals surface area contributed by atoms with E-state index in [2.05, 4.69) is 20.9 Å². The van der Waals surface area contributed by atoms with Crippen molar-refractivity contribution in [2.45, 2.75) is 13.5 Å². The first kappa shape index (κ1) is 22.0. The fraction of sp³-hybridized carbons (Fsp3) is 0.0870. The van der Waals surface area contributed by atoms with Crippen molar-refractivity contribution in [3.63, 3.8) is 0 Å². The number of carbonyl (C=O) groups is 2. The van der Waals surface area contributed by atoms with Crippen LogP contribution in [0.15, 0.2) is 54.6 Å². The fourth-order valence-electron chi connectivity index (χ4n) is 3.11. The van der Waals surface area contributed by atoms with Crippen LogP contribution in [0.1, 0.15) is 21.5 Å². The third-order valence-corrected chi connectivity index (χ3v) is 5.76. The molecule has 10 heteroatoms. The monoisotopic (exact) mass is 466 g/mol. The zero-order valence-electron chi connectivity index (χ0n) is 17.3. The largest absolute Gasteiger partial charge is 0.506 e. The fourth-order valence-corrected chi connectivity index (χ4v) is 4.01. The third-order valence-electron chi connectivity index (χ3n) is 4.82. The molecule has 3 amide bonds. The van der Waals surface area contributed by atoms with Gasteiger partial charge in [0.2, 0.25) is 0 Å². The van der Waals surface area contributed by atoms with Gasteiger partial charge in [-0.25, -0.2) is 14.2 Å². The van der Waals surface area contributed by atoms with E-state index in [1.165, 1.54) is 29.5 Å². The van der Waals surface area contributed by atoms with Crippen LogP contribution in [0.3, 0.4) is 0 Å². The molecule has 0 spiro atoms. The zero-order valence-corrected chi connectivity index (χ0v) is 18.2. The standard InChI is InChI=1S/C23H19FN4O4S/c1-12-3-2-4-17(29)20(12)27-21(31)14-6-8-16-19(10-14)33-23(26-16)28-22(32)25-11-13-5-7-15(24)18(30)9-13/h2-10,29-30H,11H2,1H3,(H,27,31)(H2,25,26,28,32). The minimum Gasteiger partial charge on any atom is -0.506 e. The number of amides is 3. The van der Waals surface area contributed by atoms with Crippen molar-refractivity contribution in [3.8, 4) is 11.5 Å². The second-order valence-electron chi connectivity index (χ2n) is 7.22. The first-order valence-corrected chi connectivity index (χ1v) is 10.6. The Hall–Kier alpha value is -4.18. The number of para-hydroxylation sites is 1. The quantitative estimate of drug-likeness (QED) is 0.272. The predicted molar refractivity (Wildman–Crippen MR) is 124 cm³/mol. The molecule has 1 aromatic heterocycles. The van der Waals surface area contributed by atoms with Crippen LogP contribution >= 0.6 is 11.3 Å². The maximum atomic E-state index is 13.1. The second kappa shape index (κ2) is 9.13. The highest BCUT2D eigenvalue weighted by Gasteiger charge is 2.14. The Labute approximate surface area is 191 Å². The highest BCUT2D eigenvalue weighted by Crippen LogP contribution is 2.29. The highest BCUT2D eigenvalue weighted by atomic mass is 32.1. The van der Waals surface area contributed by atoms with Gasteiger partial charge in [-0.05, 0) is 54.4 Å². The van der Waals surface area contributed by atoms with E-state index >= 15 is 0 Å². The van der Waals surface area contributed by atoms with Crippen molar-refractivity contribution in [2.75, 3.05) is 10.6 Å². The van der Waals surface area contributed by atoms with Crippen molar-refractivity contribution >= 4 is 44.3 Å². The van der Waals surface area contributed by atoms with Gasteiger partial charge in [-0.1, -0.05) is 29.5 Å². The molecule has 3 aromatic carbocycles. The van der Waals surface area contributed by atoms with Gasteiger partial charge >= 0.3 is 6.03 Å². The number of phenolic OH excluding ortho intramolecular Hbond substituents is 2. The van der Waals surface area contributed by atoms with Crippen molar-refractivity contribution in [1.82, 2.24) is 10.3 Å². The lowest BCUT2D eigenvalue weighted by Gasteiger charge is -2.10. The van der Waals surface area contributed by atoms with Gasteiger partial charge in [0.15, 0.2) is 16.7 Å². The van der Waals surface area contributed by atoms with E-state index in [1.807, 2.05) is 0 Å². The summed E-state index contributed by atoms with van der Waals surface area (Å²) >= 11 is 1.19. The van der Waals surface area contributed by atoms with E-state index in [1.54, 1.807) is 37.3 Å². The summed E-state index contributed by atoms with van der Waals surface area (Å²) < 4.78 is 13.8. The lowest BCUT2D eigenvalue weighted by molar-refractivity contribution is 0.102. The summed E-state index contributed by atoms with van der Waals surface area (Å²) in [7, 11) is 0. The summed E-state index contributed by atoms with van der Waals surface area (Å²) in [5, 5.41) is 27.7. The lowest BCUT2D eigenvalue weighted by atomic mass is 10.1. The third kappa shape index (κ3) is 5.01. The van der Waals surface area contributed by atoms with E-state index in [9.17, 15) is 24.2 Å². The van der Waals surface area contributed by atoms with E-state index in [0.29, 0.717) is 32.2 Å². The van der Waals surface area contributed by atoms with Crippen molar-refractivity contribution in [1.29, 1.82) is 0 Å². The maximum absolute atomic E-state index is 13.1. The highest BCUT2D eigenvalue weighted by molar-refractivity contribution is 7.22. The second-order valence-corrected chi connectivity index (χ2v) is 8.25. The number of benzene rings is 3. The number of hydrogen-bond acceptors (Lipinski definition) is 6. The molecule has 168 valence electrons. The Morgan fingerprint density at radius 2 is 1.85 bits per heavy atom. The number of fused-ring (bicyclic) bond motifs is 1. The number of thiazole rings is 1. The summed E-state index contributed by atoms with van der Waals surface area (Å²) in [5.74, 6) is -1.62. The van der Waals surface area contributed by atoms with Gasteiger partial charge in [-0.3, -0.25) is 10.1 Å².